The van der Waals surface area contributed by atoms with Gasteiger partial charge in [0, 0.05) is 77.4 Å². The lowest BCUT2D eigenvalue weighted by Gasteiger charge is -2.30. The van der Waals surface area contributed by atoms with Gasteiger partial charge in [0.15, 0.2) is 0 Å². The number of pyridine rings is 1. The molecular weight excluding hydrogens is 1540 g/mol. The Morgan fingerprint density at radius 3 is 0.685 bits per heavy atom. The summed E-state index contributed by atoms with van der Waals surface area (Å²) in [4.78, 5) is 4.90. The maximum absolute atomic E-state index is 14.4. The van der Waals surface area contributed by atoms with Gasteiger partial charge in [0.1, 0.15) is 11.6 Å². The predicted molar refractivity (Wildman–Crippen MR) is 530 cm³/mol. The normalized spacial score (nSPS) is 11.8. The maximum Gasteiger partial charge on any atom is 0.104 e. The first-order valence-electron chi connectivity index (χ1n) is 43.3. The van der Waals surface area contributed by atoms with Crippen LogP contribution in [0.5, 0.6) is 0 Å². The van der Waals surface area contributed by atoms with Gasteiger partial charge in [-0.3, -0.25) is 4.98 Å². The minimum absolute atomic E-state index is 0.443. The van der Waals surface area contributed by atoms with Crippen molar-refractivity contribution in [1.29, 1.82) is 5.26 Å². The van der Waals surface area contributed by atoms with E-state index < -0.39 is 0 Å². The highest BCUT2D eigenvalue weighted by atomic mass is 15.1. The van der Waals surface area contributed by atoms with Gasteiger partial charge in [-0.25, -0.2) is 0 Å². The molecule has 0 atom stereocenters. The Kier molecular flexibility index (Phi) is 16.9. The summed E-state index contributed by atoms with van der Waals surface area (Å²) in [5.74, 6) is 0. The summed E-state index contributed by atoms with van der Waals surface area (Å²) in [7, 11) is 0. The lowest BCUT2D eigenvalue weighted by Crippen LogP contribution is -2.17. The Morgan fingerprint density at radius 2 is 0.409 bits per heavy atom. The van der Waals surface area contributed by atoms with Crippen molar-refractivity contribution in [1.82, 2.24) is 27.8 Å². The summed E-state index contributed by atoms with van der Waals surface area (Å²) in [6, 6.07) is 166. The molecule has 7 heteroatoms. The lowest BCUT2D eigenvalue weighted by atomic mass is 9.92. The summed E-state index contributed by atoms with van der Waals surface area (Å²) in [6.07, 6.45) is 3.95. The van der Waals surface area contributed by atoms with Crippen molar-refractivity contribution in [3.8, 4) is 135 Å². The predicted octanol–water partition coefficient (Wildman–Crippen LogP) is 31.4. The van der Waals surface area contributed by atoms with E-state index in [-0.39, 0.29) is 0 Å². The molecule has 0 saturated carbocycles. The van der Waals surface area contributed by atoms with Crippen molar-refractivity contribution in [2.75, 3.05) is 0 Å². The van der Waals surface area contributed by atoms with Crippen LogP contribution in [0.3, 0.4) is 0 Å². The van der Waals surface area contributed by atoms with E-state index in [9.17, 15) is 5.26 Å². The number of hydrogen-bond acceptors (Lipinski definition) is 2. The number of para-hydroxylation sites is 2. The molecule has 0 fully saturated rings. The fourth-order valence-electron chi connectivity index (χ4n) is 20.4. The van der Waals surface area contributed by atoms with Gasteiger partial charge >= 0.3 is 0 Å². The van der Waals surface area contributed by atoms with E-state index >= 15 is 0 Å². The molecular formula is C120H75N7. The van der Waals surface area contributed by atoms with Crippen molar-refractivity contribution in [2.24, 2.45) is 0 Å². The Labute approximate surface area is 732 Å². The maximum atomic E-state index is 14.4. The molecule has 19 aromatic carbocycles. The van der Waals surface area contributed by atoms with Crippen LogP contribution in [0.25, 0.3) is 238 Å². The van der Waals surface area contributed by atoms with E-state index in [1.807, 2.05) is 12.4 Å². The summed E-state index contributed by atoms with van der Waals surface area (Å²) < 4.78 is 12.6. The van der Waals surface area contributed by atoms with Gasteiger partial charge in [0.2, 0.25) is 0 Å². The van der Waals surface area contributed by atoms with E-state index in [1.165, 1.54) is 0 Å². The number of fused-ring (bicyclic) bond motifs is 15. The van der Waals surface area contributed by atoms with E-state index in [4.69, 9.17) is 4.98 Å². The molecule has 590 valence electrons. The molecule has 0 aliphatic carbocycles. The monoisotopic (exact) mass is 1610 g/mol. The van der Waals surface area contributed by atoms with Crippen molar-refractivity contribution < 1.29 is 0 Å². The smallest absolute Gasteiger partial charge is 0.104 e. The molecule has 25 aromatic rings. The van der Waals surface area contributed by atoms with E-state index in [0.29, 0.717) is 16.9 Å². The molecule has 0 saturated heterocycles. The summed E-state index contributed by atoms with van der Waals surface area (Å²) >= 11 is 0. The second-order valence-corrected chi connectivity index (χ2v) is 33.1. The molecule has 0 unspecified atom stereocenters. The highest BCUT2D eigenvalue weighted by molar-refractivity contribution is 6.21. The average molecular weight is 1610 g/mol. The van der Waals surface area contributed by atoms with E-state index in [1.54, 1.807) is 0 Å². The zero-order valence-corrected chi connectivity index (χ0v) is 68.9. The van der Waals surface area contributed by atoms with Gasteiger partial charge in [-0.05, 0) is 204 Å². The second kappa shape index (κ2) is 29.6. The Bertz CT molecular complexity index is 7910. The fraction of sp³-hybridized carbons (Fsp3) is 0. The summed E-state index contributed by atoms with van der Waals surface area (Å²) in [6.45, 7) is 0. The highest BCUT2D eigenvalue weighted by Gasteiger charge is 2.37. The molecule has 0 N–H and O–H groups in total. The largest absolute Gasteiger partial charge is 0.309 e. The van der Waals surface area contributed by atoms with Crippen molar-refractivity contribution >= 4 is 109 Å². The van der Waals surface area contributed by atoms with Gasteiger partial charge in [0.25, 0.3) is 0 Å². The lowest BCUT2D eigenvalue weighted by molar-refractivity contribution is 1.03. The van der Waals surface area contributed by atoms with Crippen LogP contribution in [0.4, 0.5) is 0 Å². The van der Waals surface area contributed by atoms with Crippen molar-refractivity contribution in [3.05, 3.63) is 461 Å². The Morgan fingerprint density at radius 1 is 0.181 bits per heavy atom. The zero-order valence-electron chi connectivity index (χ0n) is 68.9. The number of nitrogens with zero attached hydrogens (tertiary/aromatic N) is 7. The first kappa shape index (κ1) is 72.6. The van der Waals surface area contributed by atoms with E-state index in [2.05, 4.69) is 472 Å². The first-order chi connectivity index (χ1) is 63.0. The molecule has 0 aliphatic rings. The molecule has 0 spiro atoms. The number of nitriles is 1. The average Bonchev–Trinajstić information content (AvgIpc) is 1.57. The molecule has 25 rings (SSSR count). The summed E-state index contributed by atoms with van der Waals surface area (Å²) in [5, 5.41) is 24.8. The number of aromatic nitrogens is 6. The quantitative estimate of drug-likeness (QED) is 0.109. The molecule has 6 heterocycles. The van der Waals surface area contributed by atoms with Gasteiger partial charge in [-0.2, -0.15) is 5.26 Å². The zero-order chi connectivity index (χ0) is 83.7. The highest BCUT2D eigenvalue weighted by Crippen LogP contribution is 2.55. The van der Waals surface area contributed by atoms with Gasteiger partial charge in [-0.1, -0.05) is 328 Å². The van der Waals surface area contributed by atoms with Crippen LogP contribution in [0.2, 0.25) is 0 Å². The topological polar surface area (TPSA) is 61.3 Å². The van der Waals surface area contributed by atoms with E-state index in [0.717, 1.165) is 226 Å². The van der Waals surface area contributed by atoms with Gasteiger partial charge in [0.05, 0.1) is 83.6 Å². The molecule has 0 amide bonds. The van der Waals surface area contributed by atoms with Crippen LogP contribution in [0, 0.1) is 11.3 Å². The minimum Gasteiger partial charge on any atom is -0.309 e. The van der Waals surface area contributed by atoms with Crippen LogP contribution in [-0.4, -0.2) is 27.8 Å². The summed E-state index contributed by atoms with van der Waals surface area (Å²) in [5.41, 5.74) is 33.0. The molecule has 0 bridgehead atoms. The van der Waals surface area contributed by atoms with Crippen LogP contribution in [0.1, 0.15) is 5.56 Å². The van der Waals surface area contributed by atoms with Crippen LogP contribution in [0.15, 0.2) is 455 Å². The van der Waals surface area contributed by atoms with Crippen LogP contribution < -0.4 is 0 Å². The van der Waals surface area contributed by atoms with Gasteiger partial charge in [-0.15, -0.1) is 0 Å². The van der Waals surface area contributed by atoms with Gasteiger partial charge < -0.3 is 22.8 Å². The van der Waals surface area contributed by atoms with Crippen LogP contribution >= 0.6 is 0 Å². The third-order valence-corrected chi connectivity index (χ3v) is 26.2. The molecule has 0 aliphatic heterocycles. The Balaban J connectivity index is 0.971. The molecule has 0 radical (unpaired) electrons. The van der Waals surface area contributed by atoms with Crippen LogP contribution in [-0.2, 0) is 0 Å². The second-order valence-electron chi connectivity index (χ2n) is 33.1. The SMILES string of the molecule is N#Cc1c(-n2c3ccc(-c4ccccc4)cc3c3cc(-c4ccccc4)ccc32)c(-n2c3ccc(-c4ccccc4)cc3c3cc(-c4ccccc4)ccc32)c(-c2ccccc2-n2c3ccccc3c3cnccc32)c(-n2c3ccc(-c4ccccc4)cc3c3cc(-c4ccccc4)ccc32)c1-n1c2ccc(-c3ccccc3)cc2c2cc(-c3ccccc3)ccc21. The standard InChI is InChI=1S/C120H75N7/c121-75-103-117(124-107-57-49-85(77-29-9-1-10-30-77)67-95(107)96-68-86(50-58-108(96)124)78-31-11-2-12-32-78)119(126-111-61-53-89(81-37-17-5-18-38-81)71-99(111)100-72-90(54-62-112(100)126)82-39-19-6-20-40-82)116(94-46-26-28-48-106(94)123-105-47-27-25-45-93(105)104-76-122-66-65-115(104)123)120(127-113-63-55-91(83-41-21-7-22-42-83)73-101(113)102-74-92(56-64-114(102)127)84-43-23-8-24-44-84)118(103)125-109-59-51-87(79-33-13-3-14-34-79)69-97(109)98-70-88(52-60-110(98)125)80-35-15-4-16-36-80/h1-74,76H. The first-order valence-corrected chi connectivity index (χ1v) is 43.3. The minimum atomic E-state index is 0.443. The molecule has 127 heavy (non-hydrogen) atoms. The number of hydrogen-bond donors (Lipinski definition) is 0. The molecule has 7 nitrogen and oxygen atoms in total. The number of benzene rings is 19. The Hall–Kier alpha value is -17.2. The fourth-order valence-corrected chi connectivity index (χ4v) is 20.4. The third-order valence-electron chi connectivity index (χ3n) is 26.2. The third kappa shape index (κ3) is 11.7. The number of rotatable bonds is 14. The van der Waals surface area contributed by atoms with Crippen molar-refractivity contribution in [2.45, 2.75) is 0 Å². The van der Waals surface area contributed by atoms with Crippen molar-refractivity contribution in [3.63, 3.8) is 0 Å². The molecule has 6 aromatic heterocycles.